The van der Waals surface area contributed by atoms with Gasteiger partial charge in [-0.1, -0.05) is 0 Å². The van der Waals surface area contributed by atoms with Gasteiger partial charge in [0.15, 0.2) is 0 Å². The minimum atomic E-state index is 0.0614. The molecule has 64 valence electrons. The lowest BCUT2D eigenvalue weighted by Gasteiger charge is -1.85. The zero-order chi connectivity index (χ0) is 9.68. The Kier molecular flexibility index (Phi) is 3.02. The highest BCUT2D eigenvalue weighted by molar-refractivity contribution is 7.06. The molecule has 0 atom stereocenters. The largest absolute Gasteiger partial charge is 0.480 e. The lowest BCUT2D eigenvalue weighted by atomic mass is 10.3. The van der Waals surface area contributed by atoms with Crippen LogP contribution in [0.25, 0.3) is 6.08 Å². The molecule has 1 rings (SSSR count). The van der Waals surface area contributed by atoms with Gasteiger partial charge in [-0.3, -0.25) is 0 Å². The summed E-state index contributed by atoms with van der Waals surface area (Å²) in [6.07, 6.45) is 1.47. The van der Waals surface area contributed by atoms with Gasteiger partial charge in [-0.2, -0.15) is 14.9 Å². The number of ether oxygens (including phenoxy) is 1. The van der Waals surface area contributed by atoms with E-state index in [0.29, 0.717) is 5.88 Å². The number of hydrogen-bond acceptors (Lipinski definition) is 5. The van der Waals surface area contributed by atoms with Crippen molar-refractivity contribution in [1.82, 2.24) is 4.37 Å². The Morgan fingerprint density at radius 2 is 2.31 bits per heavy atom. The van der Waals surface area contributed by atoms with Crippen LogP contribution in [-0.2, 0) is 0 Å². The number of nitriles is 2. The predicted molar refractivity (Wildman–Crippen MR) is 47.9 cm³/mol. The molecule has 0 saturated carbocycles. The van der Waals surface area contributed by atoms with E-state index in [0.717, 1.165) is 4.88 Å². The third-order valence-corrected chi connectivity index (χ3v) is 1.96. The lowest BCUT2D eigenvalue weighted by molar-refractivity contribution is 0.402. The Bertz CT molecular complexity index is 392. The van der Waals surface area contributed by atoms with Crippen LogP contribution in [0.15, 0.2) is 11.6 Å². The molecule has 0 aliphatic carbocycles. The van der Waals surface area contributed by atoms with Gasteiger partial charge in [0.1, 0.15) is 17.7 Å². The SMILES string of the molecule is COc1cc(C=C(C#N)C#N)sn1. The van der Waals surface area contributed by atoms with Crippen molar-refractivity contribution in [2.24, 2.45) is 0 Å². The van der Waals surface area contributed by atoms with Crippen LogP contribution in [0, 0.1) is 22.7 Å². The average Bonchev–Trinajstić information content (AvgIpc) is 2.61. The molecule has 13 heavy (non-hydrogen) atoms. The van der Waals surface area contributed by atoms with E-state index in [-0.39, 0.29) is 5.57 Å². The molecule has 1 heterocycles. The zero-order valence-electron chi connectivity index (χ0n) is 6.81. The molecular formula is C8H5N3OS. The number of nitrogens with zero attached hydrogens (tertiary/aromatic N) is 3. The van der Waals surface area contributed by atoms with Crippen molar-refractivity contribution >= 4 is 17.6 Å². The minimum Gasteiger partial charge on any atom is -0.480 e. The van der Waals surface area contributed by atoms with E-state index in [1.807, 2.05) is 0 Å². The molecule has 0 aliphatic heterocycles. The van der Waals surface area contributed by atoms with Crippen molar-refractivity contribution in [2.75, 3.05) is 7.11 Å². The Labute approximate surface area is 79.5 Å². The molecule has 1 aromatic rings. The van der Waals surface area contributed by atoms with Crippen molar-refractivity contribution in [1.29, 1.82) is 10.5 Å². The highest BCUT2D eigenvalue weighted by atomic mass is 32.1. The second kappa shape index (κ2) is 4.24. The van der Waals surface area contributed by atoms with E-state index < -0.39 is 0 Å². The molecule has 1 aromatic heterocycles. The van der Waals surface area contributed by atoms with Crippen LogP contribution in [0.5, 0.6) is 5.88 Å². The second-order valence-electron chi connectivity index (χ2n) is 2.05. The normalized spacial score (nSPS) is 8.23. The van der Waals surface area contributed by atoms with Gasteiger partial charge in [-0.25, -0.2) is 0 Å². The third-order valence-electron chi connectivity index (χ3n) is 1.24. The van der Waals surface area contributed by atoms with Crippen LogP contribution >= 0.6 is 11.5 Å². The standard InChI is InChI=1S/C8H5N3OS/c1-12-8-3-7(13-11-8)2-6(4-9)5-10/h2-3H,1H3. The van der Waals surface area contributed by atoms with E-state index in [9.17, 15) is 0 Å². The van der Waals surface area contributed by atoms with Crippen molar-refractivity contribution in [3.8, 4) is 18.0 Å². The molecule has 0 aromatic carbocycles. The molecule has 0 unspecified atom stereocenters. The van der Waals surface area contributed by atoms with E-state index in [1.54, 1.807) is 18.2 Å². The monoisotopic (exact) mass is 191 g/mol. The maximum atomic E-state index is 8.46. The number of allylic oxidation sites excluding steroid dienone is 1. The van der Waals surface area contributed by atoms with Crippen molar-refractivity contribution < 1.29 is 4.74 Å². The van der Waals surface area contributed by atoms with Crippen LogP contribution in [-0.4, -0.2) is 11.5 Å². The first-order valence-electron chi connectivity index (χ1n) is 3.32. The summed E-state index contributed by atoms with van der Waals surface area (Å²) in [5.41, 5.74) is 0.0614. The molecule has 0 amide bonds. The van der Waals surface area contributed by atoms with Crippen LogP contribution in [0.3, 0.4) is 0 Å². The molecule has 4 nitrogen and oxygen atoms in total. The Balaban J connectivity index is 2.93. The highest BCUT2D eigenvalue weighted by Crippen LogP contribution is 2.18. The molecule has 0 bridgehead atoms. The lowest BCUT2D eigenvalue weighted by Crippen LogP contribution is -1.78. The van der Waals surface area contributed by atoms with Crippen molar-refractivity contribution in [2.45, 2.75) is 0 Å². The fourth-order valence-corrected chi connectivity index (χ4v) is 1.31. The van der Waals surface area contributed by atoms with Crippen LogP contribution < -0.4 is 4.74 Å². The molecule has 0 aliphatic rings. The molecule has 0 fully saturated rings. The van der Waals surface area contributed by atoms with Gasteiger partial charge in [0, 0.05) is 6.07 Å². The summed E-state index contributed by atoms with van der Waals surface area (Å²) in [6.45, 7) is 0. The van der Waals surface area contributed by atoms with Gasteiger partial charge in [0.05, 0.1) is 12.0 Å². The van der Waals surface area contributed by atoms with E-state index >= 15 is 0 Å². The van der Waals surface area contributed by atoms with Crippen LogP contribution in [0.2, 0.25) is 0 Å². The topological polar surface area (TPSA) is 69.7 Å². The van der Waals surface area contributed by atoms with Gasteiger partial charge < -0.3 is 4.74 Å². The maximum absolute atomic E-state index is 8.46. The van der Waals surface area contributed by atoms with Crippen LogP contribution in [0.4, 0.5) is 0 Å². The van der Waals surface area contributed by atoms with E-state index in [2.05, 4.69) is 4.37 Å². The molecular weight excluding hydrogens is 186 g/mol. The van der Waals surface area contributed by atoms with Gasteiger partial charge in [-0.05, 0) is 17.6 Å². The number of hydrogen-bond donors (Lipinski definition) is 0. The zero-order valence-corrected chi connectivity index (χ0v) is 7.63. The first-order chi connectivity index (χ1) is 6.30. The first-order valence-corrected chi connectivity index (χ1v) is 4.10. The Morgan fingerprint density at radius 1 is 1.62 bits per heavy atom. The number of methoxy groups -OCH3 is 1. The van der Waals surface area contributed by atoms with Crippen LogP contribution in [0.1, 0.15) is 4.88 Å². The second-order valence-corrected chi connectivity index (χ2v) is 2.89. The highest BCUT2D eigenvalue weighted by Gasteiger charge is 2.00. The summed E-state index contributed by atoms with van der Waals surface area (Å²) in [7, 11) is 1.51. The fraction of sp³-hybridized carbons (Fsp3) is 0.125. The van der Waals surface area contributed by atoms with Gasteiger partial charge in [0.2, 0.25) is 5.88 Å². The third kappa shape index (κ3) is 2.29. The summed E-state index contributed by atoms with van der Waals surface area (Å²) >= 11 is 1.18. The molecule has 5 heteroatoms. The molecule has 0 spiro atoms. The minimum absolute atomic E-state index is 0.0614. The van der Waals surface area contributed by atoms with Crippen molar-refractivity contribution in [3.05, 3.63) is 16.5 Å². The Morgan fingerprint density at radius 3 is 2.77 bits per heavy atom. The summed E-state index contributed by atoms with van der Waals surface area (Å²) in [5, 5.41) is 16.9. The van der Waals surface area contributed by atoms with Crippen molar-refractivity contribution in [3.63, 3.8) is 0 Å². The number of rotatable bonds is 2. The van der Waals surface area contributed by atoms with Gasteiger partial charge in [-0.15, -0.1) is 0 Å². The molecule has 0 radical (unpaired) electrons. The quantitative estimate of drug-likeness (QED) is 0.665. The smallest absolute Gasteiger partial charge is 0.225 e. The Hall–Kier alpha value is -1.85. The summed E-state index contributed by atoms with van der Waals surface area (Å²) in [6, 6.07) is 5.20. The fourth-order valence-electron chi connectivity index (χ4n) is 0.668. The van der Waals surface area contributed by atoms with E-state index in [4.69, 9.17) is 15.3 Å². The van der Waals surface area contributed by atoms with Gasteiger partial charge >= 0.3 is 0 Å². The first kappa shape index (κ1) is 9.24. The molecule has 0 N–H and O–H groups in total. The average molecular weight is 191 g/mol. The maximum Gasteiger partial charge on any atom is 0.225 e. The number of aromatic nitrogens is 1. The predicted octanol–water partition coefficient (Wildman–Crippen LogP) is 1.58. The van der Waals surface area contributed by atoms with Gasteiger partial charge in [0.25, 0.3) is 0 Å². The summed E-state index contributed by atoms with van der Waals surface area (Å²) in [5.74, 6) is 0.492. The summed E-state index contributed by atoms with van der Waals surface area (Å²) < 4.78 is 8.76. The van der Waals surface area contributed by atoms with E-state index in [1.165, 1.54) is 24.7 Å². The summed E-state index contributed by atoms with van der Waals surface area (Å²) in [4.78, 5) is 0.731. The molecule has 0 saturated heterocycles.